The van der Waals surface area contributed by atoms with Crippen molar-refractivity contribution in [3.05, 3.63) is 0 Å². The second-order valence-electron chi connectivity index (χ2n) is 10.1. The van der Waals surface area contributed by atoms with Crippen LogP contribution in [0, 0.1) is 40.4 Å². The molecule has 0 amide bonds. The van der Waals surface area contributed by atoms with Crippen LogP contribution in [0.25, 0.3) is 0 Å². The molecular formula is C21H36O2. The zero-order valence-electron chi connectivity index (χ0n) is 15.3. The first-order chi connectivity index (χ1) is 10.9. The molecular weight excluding hydrogens is 284 g/mol. The molecule has 4 aliphatic rings. The van der Waals surface area contributed by atoms with Crippen molar-refractivity contribution in [3.8, 4) is 0 Å². The molecule has 0 aromatic carbocycles. The third kappa shape index (κ3) is 2.27. The van der Waals surface area contributed by atoms with Crippen LogP contribution in [-0.4, -0.2) is 22.4 Å². The van der Waals surface area contributed by atoms with Gasteiger partial charge in [-0.15, -0.1) is 0 Å². The molecule has 0 unspecified atom stereocenters. The highest BCUT2D eigenvalue weighted by molar-refractivity contribution is 5.09. The fourth-order valence-corrected chi connectivity index (χ4v) is 8.07. The Balaban J connectivity index is 1.60. The van der Waals surface area contributed by atoms with Gasteiger partial charge >= 0.3 is 0 Å². The fourth-order valence-electron chi connectivity index (χ4n) is 8.07. The predicted molar refractivity (Wildman–Crippen MR) is 92.9 cm³/mol. The maximum atomic E-state index is 10.3. The Morgan fingerprint density at radius 3 is 2.30 bits per heavy atom. The van der Waals surface area contributed by atoms with Crippen molar-refractivity contribution in [2.45, 2.75) is 90.8 Å². The molecule has 2 N–H and O–H groups in total. The van der Waals surface area contributed by atoms with Gasteiger partial charge in [0.2, 0.25) is 0 Å². The molecule has 0 bridgehead atoms. The van der Waals surface area contributed by atoms with Gasteiger partial charge in [-0.05, 0) is 105 Å². The van der Waals surface area contributed by atoms with Crippen molar-refractivity contribution in [2.24, 2.45) is 40.4 Å². The summed E-state index contributed by atoms with van der Waals surface area (Å²) in [7, 11) is 0. The van der Waals surface area contributed by atoms with Crippen LogP contribution < -0.4 is 0 Å². The summed E-state index contributed by atoms with van der Waals surface area (Å²) in [6.45, 7) is 7.08. The average Bonchev–Trinajstić information content (AvgIpc) is 2.85. The molecule has 0 aliphatic heterocycles. The lowest BCUT2D eigenvalue weighted by atomic mass is 9.44. The van der Waals surface area contributed by atoms with Crippen molar-refractivity contribution in [3.63, 3.8) is 0 Å². The van der Waals surface area contributed by atoms with Gasteiger partial charge < -0.3 is 10.2 Å². The van der Waals surface area contributed by atoms with Crippen LogP contribution in [0.3, 0.4) is 0 Å². The van der Waals surface area contributed by atoms with Gasteiger partial charge in [0.15, 0.2) is 0 Å². The van der Waals surface area contributed by atoms with Crippen molar-refractivity contribution in [2.75, 3.05) is 0 Å². The van der Waals surface area contributed by atoms with E-state index in [-0.39, 0.29) is 12.2 Å². The molecule has 0 spiro atoms. The van der Waals surface area contributed by atoms with E-state index in [2.05, 4.69) is 13.8 Å². The van der Waals surface area contributed by atoms with Crippen LogP contribution in [0.2, 0.25) is 0 Å². The number of hydrogen-bond donors (Lipinski definition) is 2. The maximum Gasteiger partial charge on any atom is 0.0545 e. The molecule has 9 atom stereocenters. The Morgan fingerprint density at radius 1 is 0.870 bits per heavy atom. The van der Waals surface area contributed by atoms with E-state index in [0.29, 0.717) is 16.7 Å². The third-order valence-electron chi connectivity index (χ3n) is 9.29. The quantitative estimate of drug-likeness (QED) is 0.752. The predicted octanol–water partition coefficient (Wildman–Crippen LogP) is 4.39. The lowest BCUT2D eigenvalue weighted by Gasteiger charge is -2.61. The summed E-state index contributed by atoms with van der Waals surface area (Å²) in [5.41, 5.74) is 0.860. The Labute approximate surface area is 142 Å². The van der Waals surface area contributed by atoms with E-state index in [4.69, 9.17) is 0 Å². The fraction of sp³-hybridized carbons (Fsp3) is 1.00. The van der Waals surface area contributed by atoms with Crippen LogP contribution in [-0.2, 0) is 0 Å². The van der Waals surface area contributed by atoms with Crippen LogP contribution in [0.1, 0.15) is 78.6 Å². The minimum Gasteiger partial charge on any atom is -0.393 e. The summed E-state index contributed by atoms with van der Waals surface area (Å²) < 4.78 is 0. The van der Waals surface area contributed by atoms with Gasteiger partial charge in [-0.2, -0.15) is 0 Å². The molecule has 2 heteroatoms. The number of aliphatic hydroxyl groups excluding tert-OH is 2. The van der Waals surface area contributed by atoms with Gasteiger partial charge in [0.1, 0.15) is 0 Å². The zero-order chi connectivity index (χ0) is 16.4. The molecule has 4 aliphatic carbocycles. The highest BCUT2D eigenvalue weighted by atomic mass is 16.3. The molecule has 4 fully saturated rings. The molecule has 0 aromatic rings. The minimum absolute atomic E-state index is 0.0374. The highest BCUT2D eigenvalue weighted by Crippen LogP contribution is 2.67. The largest absolute Gasteiger partial charge is 0.393 e. The molecule has 0 radical (unpaired) electrons. The van der Waals surface area contributed by atoms with Gasteiger partial charge in [-0.1, -0.05) is 13.8 Å². The summed E-state index contributed by atoms with van der Waals surface area (Å²) in [4.78, 5) is 0. The molecule has 4 saturated carbocycles. The van der Waals surface area contributed by atoms with Crippen molar-refractivity contribution >= 4 is 0 Å². The smallest absolute Gasteiger partial charge is 0.0545 e. The Kier molecular flexibility index (Phi) is 3.89. The van der Waals surface area contributed by atoms with E-state index in [0.717, 1.165) is 36.5 Å². The summed E-state index contributed by atoms with van der Waals surface area (Å²) >= 11 is 0. The van der Waals surface area contributed by atoms with E-state index >= 15 is 0 Å². The first kappa shape index (κ1) is 16.4. The van der Waals surface area contributed by atoms with Crippen LogP contribution in [0.4, 0.5) is 0 Å². The van der Waals surface area contributed by atoms with Crippen LogP contribution in [0.15, 0.2) is 0 Å². The Hall–Kier alpha value is -0.0800. The highest BCUT2D eigenvalue weighted by Gasteiger charge is 2.60. The van der Waals surface area contributed by atoms with Crippen molar-refractivity contribution in [1.82, 2.24) is 0 Å². The minimum atomic E-state index is -0.140. The van der Waals surface area contributed by atoms with Crippen LogP contribution in [0.5, 0.6) is 0 Å². The maximum absolute atomic E-state index is 10.3. The van der Waals surface area contributed by atoms with Crippen molar-refractivity contribution in [1.29, 1.82) is 0 Å². The standard InChI is InChI=1S/C21H36O2/c1-13(22)17-6-7-18-16-5-4-14-12-15(23)8-10-20(14,2)19(16)9-11-21(17,18)3/h13-19,22-23H,4-12H2,1-3H3/t13-,14-,15+,16-,17-,18+,19-,20-,21-/m0/s1. The number of rotatable bonds is 1. The van der Waals surface area contributed by atoms with Gasteiger partial charge in [0, 0.05) is 0 Å². The normalized spacial score (nSPS) is 57.3. The Bertz CT molecular complexity index is 461. The van der Waals surface area contributed by atoms with E-state index in [1.54, 1.807) is 0 Å². The van der Waals surface area contributed by atoms with E-state index < -0.39 is 0 Å². The van der Waals surface area contributed by atoms with Gasteiger partial charge in [0.25, 0.3) is 0 Å². The lowest BCUT2D eigenvalue weighted by Crippen LogP contribution is -2.54. The third-order valence-corrected chi connectivity index (χ3v) is 9.29. The lowest BCUT2D eigenvalue weighted by molar-refractivity contribution is -0.132. The average molecular weight is 321 g/mol. The molecule has 23 heavy (non-hydrogen) atoms. The molecule has 0 heterocycles. The monoisotopic (exact) mass is 320 g/mol. The van der Waals surface area contributed by atoms with Gasteiger partial charge in [-0.25, -0.2) is 0 Å². The number of hydrogen-bond acceptors (Lipinski definition) is 2. The van der Waals surface area contributed by atoms with E-state index in [1.165, 1.54) is 44.9 Å². The molecule has 0 saturated heterocycles. The SMILES string of the molecule is C[C@H](O)[C@@H]1CC[C@@H]2[C@@H]3CC[C@H]4C[C@H](O)CC[C@]4(C)[C@H]3CC[C@]21C. The van der Waals surface area contributed by atoms with Crippen LogP contribution >= 0.6 is 0 Å². The first-order valence-electron chi connectivity index (χ1n) is 10.2. The summed E-state index contributed by atoms with van der Waals surface area (Å²) in [5.74, 6) is 3.87. The topological polar surface area (TPSA) is 40.5 Å². The van der Waals surface area contributed by atoms with Crippen molar-refractivity contribution < 1.29 is 10.2 Å². The van der Waals surface area contributed by atoms with E-state index in [9.17, 15) is 10.2 Å². The molecule has 132 valence electrons. The van der Waals surface area contributed by atoms with Gasteiger partial charge in [0.05, 0.1) is 12.2 Å². The zero-order valence-corrected chi connectivity index (χ0v) is 15.3. The van der Waals surface area contributed by atoms with E-state index in [1.807, 2.05) is 6.92 Å². The second-order valence-corrected chi connectivity index (χ2v) is 10.1. The summed E-state index contributed by atoms with van der Waals surface area (Å²) in [6.07, 6.45) is 11.1. The Morgan fingerprint density at radius 2 is 1.57 bits per heavy atom. The van der Waals surface area contributed by atoms with Gasteiger partial charge in [-0.3, -0.25) is 0 Å². The number of aliphatic hydroxyl groups is 2. The second kappa shape index (κ2) is 5.46. The summed E-state index contributed by atoms with van der Waals surface area (Å²) in [6, 6.07) is 0. The summed E-state index contributed by atoms with van der Waals surface area (Å²) in [5, 5.41) is 20.4. The molecule has 0 aromatic heterocycles. The number of fused-ring (bicyclic) bond motifs is 5. The molecule has 4 rings (SSSR count). The first-order valence-corrected chi connectivity index (χ1v) is 10.2. The molecule has 2 nitrogen and oxygen atoms in total.